The molecule has 2 N–H and O–H groups in total. The maximum absolute atomic E-state index is 14.3. The molecule has 0 aliphatic carbocycles. The summed E-state index contributed by atoms with van der Waals surface area (Å²) in [6.07, 6.45) is 0. The molecule has 0 atom stereocenters. The predicted octanol–water partition coefficient (Wildman–Crippen LogP) is 4.09. The van der Waals surface area contributed by atoms with Crippen molar-refractivity contribution < 1.29 is 28.2 Å². The van der Waals surface area contributed by atoms with Crippen LogP contribution in [0.4, 0.5) is 4.39 Å². The summed E-state index contributed by atoms with van der Waals surface area (Å²) < 4.78 is 36.5. The first kappa shape index (κ1) is 18.7. The first-order valence-corrected chi connectivity index (χ1v) is 9.10. The summed E-state index contributed by atoms with van der Waals surface area (Å²) in [6, 6.07) is 5.52. The van der Waals surface area contributed by atoms with E-state index in [-0.39, 0.29) is 21.8 Å². The van der Waals surface area contributed by atoms with Crippen LogP contribution in [0.3, 0.4) is 0 Å². The van der Waals surface area contributed by atoms with Gasteiger partial charge in [0.2, 0.25) is 0 Å². The van der Waals surface area contributed by atoms with Crippen LogP contribution >= 0.6 is 19.2 Å². The fraction of sp³-hybridized carbons (Fsp3) is 0.250. The lowest BCUT2D eigenvalue weighted by atomic mass is 10.1. The molecule has 0 saturated carbocycles. The van der Waals surface area contributed by atoms with Crippen LogP contribution in [0.2, 0.25) is 5.02 Å². The van der Waals surface area contributed by atoms with E-state index in [2.05, 4.69) is 0 Å². The number of benzene rings is 2. The van der Waals surface area contributed by atoms with Crippen LogP contribution in [0, 0.1) is 19.7 Å². The van der Waals surface area contributed by atoms with Crippen LogP contribution in [0.15, 0.2) is 24.3 Å². The number of ether oxygens (including phenoxy) is 2. The molecule has 2 rings (SSSR count). The van der Waals surface area contributed by atoms with Crippen molar-refractivity contribution in [2.45, 2.75) is 20.8 Å². The van der Waals surface area contributed by atoms with Gasteiger partial charge in [0.1, 0.15) is 16.5 Å². The Morgan fingerprint density at radius 1 is 1.17 bits per heavy atom. The Labute approximate surface area is 144 Å². The van der Waals surface area contributed by atoms with Gasteiger partial charge in [0.05, 0.1) is 11.9 Å². The summed E-state index contributed by atoms with van der Waals surface area (Å²) in [4.78, 5) is 18.5. The van der Waals surface area contributed by atoms with Gasteiger partial charge < -0.3 is 19.3 Å². The van der Waals surface area contributed by atoms with E-state index in [0.717, 1.165) is 0 Å². The Morgan fingerprint density at radius 3 is 2.21 bits per heavy atom. The maximum Gasteiger partial charge on any atom is 0.356 e. The molecule has 5 nitrogen and oxygen atoms in total. The molecular weight excluding hydrogens is 358 g/mol. The van der Waals surface area contributed by atoms with E-state index in [1.165, 1.54) is 24.3 Å². The van der Waals surface area contributed by atoms with Crippen LogP contribution in [0.5, 0.6) is 17.2 Å². The van der Waals surface area contributed by atoms with Crippen molar-refractivity contribution in [2.24, 2.45) is 0 Å². The normalized spacial score (nSPS) is 11.5. The number of rotatable bonds is 5. The van der Waals surface area contributed by atoms with Crippen LogP contribution in [0.1, 0.15) is 18.1 Å². The molecule has 2 aromatic rings. The molecule has 0 heterocycles. The van der Waals surface area contributed by atoms with Gasteiger partial charge in [0.25, 0.3) is 0 Å². The van der Waals surface area contributed by atoms with Gasteiger partial charge >= 0.3 is 7.60 Å². The topological polar surface area (TPSA) is 76.0 Å². The van der Waals surface area contributed by atoms with Crippen molar-refractivity contribution in [2.75, 3.05) is 6.61 Å². The highest BCUT2D eigenvalue weighted by Gasteiger charge is 2.21. The van der Waals surface area contributed by atoms with Crippen LogP contribution < -0.4 is 14.8 Å². The van der Waals surface area contributed by atoms with Crippen molar-refractivity contribution in [3.05, 3.63) is 46.2 Å². The Kier molecular flexibility index (Phi) is 5.56. The summed E-state index contributed by atoms with van der Waals surface area (Å²) >= 11 is 5.93. The lowest BCUT2D eigenvalue weighted by molar-refractivity contribution is 0.336. The van der Waals surface area contributed by atoms with E-state index in [0.29, 0.717) is 23.5 Å². The Hall–Kier alpha value is -1.59. The predicted molar refractivity (Wildman–Crippen MR) is 90.2 cm³/mol. The highest BCUT2D eigenvalue weighted by molar-refractivity contribution is 7.60. The first-order valence-electron chi connectivity index (χ1n) is 7.11. The van der Waals surface area contributed by atoms with Crippen LogP contribution in [-0.4, -0.2) is 16.4 Å². The van der Waals surface area contributed by atoms with Gasteiger partial charge in [-0.3, -0.25) is 4.57 Å². The molecular formula is C16H17ClFO5P. The van der Waals surface area contributed by atoms with Gasteiger partial charge in [-0.25, -0.2) is 4.39 Å². The molecule has 0 aliphatic heterocycles. The molecule has 0 radical (unpaired) electrons. The highest BCUT2D eigenvalue weighted by atomic mass is 35.5. The molecule has 2 aromatic carbocycles. The zero-order valence-electron chi connectivity index (χ0n) is 13.3. The lowest BCUT2D eigenvalue weighted by Gasteiger charge is -2.16. The monoisotopic (exact) mass is 374 g/mol. The largest absolute Gasteiger partial charge is 0.492 e. The minimum Gasteiger partial charge on any atom is -0.492 e. The molecule has 0 fully saturated rings. The highest BCUT2D eigenvalue weighted by Crippen LogP contribution is 2.39. The summed E-state index contributed by atoms with van der Waals surface area (Å²) in [7, 11) is -4.37. The minimum absolute atomic E-state index is 0.0985. The molecule has 130 valence electrons. The molecule has 0 aromatic heterocycles. The molecule has 0 aliphatic rings. The van der Waals surface area contributed by atoms with Crippen molar-refractivity contribution in [1.82, 2.24) is 0 Å². The summed E-state index contributed by atoms with van der Waals surface area (Å²) in [5.74, 6) is -0.334. The minimum atomic E-state index is -4.37. The third-order valence-corrected chi connectivity index (χ3v) is 4.59. The van der Waals surface area contributed by atoms with Gasteiger partial charge in [-0.2, -0.15) is 0 Å². The Balaban J connectivity index is 2.42. The van der Waals surface area contributed by atoms with Crippen molar-refractivity contribution in [1.29, 1.82) is 0 Å². The molecule has 0 saturated heterocycles. The standard InChI is InChI=1S/C16H17ClFO5P/c1-4-22-12-5-6-13(15(18)14(12)17)23-16-9(2)7-11(8-10(16)3)24(19,20)21/h5-8H,4H2,1-3H3,(H2,19,20,21). The van der Waals surface area contributed by atoms with Crippen molar-refractivity contribution in [3.63, 3.8) is 0 Å². The molecule has 0 bridgehead atoms. The summed E-state index contributed by atoms with van der Waals surface area (Å²) in [6.45, 7) is 5.35. The molecule has 0 spiro atoms. The SMILES string of the molecule is CCOc1ccc(Oc2c(C)cc(P(=O)(O)O)cc2C)c(F)c1Cl. The zero-order chi connectivity index (χ0) is 18.1. The maximum atomic E-state index is 14.3. The van der Waals surface area contributed by atoms with E-state index in [1.54, 1.807) is 20.8 Å². The fourth-order valence-corrected chi connectivity index (χ4v) is 3.16. The quantitative estimate of drug-likeness (QED) is 0.771. The summed E-state index contributed by atoms with van der Waals surface area (Å²) in [5.41, 5.74) is 0.940. The Morgan fingerprint density at radius 2 is 1.71 bits per heavy atom. The number of aryl methyl sites for hydroxylation is 2. The molecule has 8 heteroatoms. The van der Waals surface area contributed by atoms with Crippen LogP contribution in [-0.2, 0) is 4.57 Å². The van der Waals surface area contributed by atoms with Gasteiger partial charge in [0.15, 0.2) is 11.6 Å². The zero-order valence-corrected chi connectivity index (χ0v) is 15.0. The Bertz CT molecular complexity index is 795. The van der Waals surface area contributed by atoms with Gasteiger partial charge in [-0.1, -0.05) is 11.6 Å². The van der Waals surface area contributed by atoms with E-state index < -0.39 is 13.4 Å². The van der Waals surface area contributed by atoms with Crippen molar-refractivity contribution >= 4 is 24.5 Å². The van der Waals surface area contributed by atoms with Gasteiger partial charge in [-0.15, -0.1) is 0 Å². The molecule has 0 amide bonds. The third-order valence-electron chi connectivity index (χ3n) is 3.30. The number of hydrogen-bond donors (Lipinski definition) is 2. The second-order valence-electron chi connectivity index (χ2n) is 5.18. The van der Waals surface area contributed by atoms with Crippen LogP contribution in [0.25, 0.3) is 0 Å². The number of hydrogen-bond acceptors (Lipinski definition) is 3. The van der Waals surface area contributed by atoms with E-state index in [4.69, 9.17) is 21.1 Å². The van der Waals surface area contributed by atoms with E-state index in [9.17, 15) is 18.7 Å². The smallest absolute Gasteiger partial charge is 0.356 e. The summed E-state index contributed by atoms with van der Waals surface area (Å²) in [5, 5.41) is -0.299. The van der Waals surface area contributed by atoms with Crippen molar-refractivity contribution in [3.8, 4) is 17.2 Å². The van der Waals surface area contributed by atoms with Gasteiger partial charge in [0, 0.05) is 0 Å². The average molecular weight is 375 g/mol. The molecule has 24 heavy (non-hydrogen) atoms. The van der Waals surface area contributed by atoms with E-state index >= 15 is 0 Å². The number of halogens is 2. The second-order valence-corrected chi connectivity index (χ2v) is 7.16. The lowest BCUT2D eigenvalue weighted by Crippen LogP contribution is -2.07. The van der Waals surface area contributed by atoms with E-state index in [1.807, 2.05) is 0 Å². The fourth-order valence-electron chi connectivity index (χ4n) is 2.23. The third kappa shape index (κ3) is 3.90. The van der Waals surface area contributed by atoms with Gasteiger partial charge in [-0.05, 0) is 56.2 Å². The average Bonchev–Trinajstić information content (AvgIpc) is 2.48. The first-order chi connectivity index (χ1) is 11.1. The second kappa shape index (κ2) is 7.11. The molecule has 0 unspecified atom stereocenters.